The molecule has 0 heterocycles. The van der Waals surface area contributed by atoms with Crippen LogP contribution in [0.25, 0.3) is 11.1 Å². The lowest BCUT2D eigenvalue weighted by Gasteiger charge is -2.28. The topological polar surface area (TPSA) is 3.24 Å². The average molecular weight is 444 g/mol. The normalized spacial score (nSPS) is 15.6. The summed E-state index contributed by atoms with van der Waals surface area (Å²) in [6.07, 6.45) is 0. The number of nitrogens with zero attached hydrogens (tertiary/aromatic N) is 1. The molecule has 0 N–H and O–H groups in total. The molecule has 4 aromatic carbocycles. The van der Waals surface area contributed by atoms with Crippen molar-refractivity contribution in [1.29, 1.82) is 0 Å². The third-order valence-electron chi connectivity index (χ3n) is 5.64. The molecule has 1 nitrogen and oxygen atoms in total. The summed E-state index contributed by atoms with van der Waals surface area (Å²) < 4.78 is 34.2. The Morgan fingerprint density at radius 3 is 2.10 bits per heavy atom. The van der Waals surface area contributed by atoms with E-state index in [0.717, 1.165) is 11.4 Å². The van der Waals surface area contributed by atoms with Crippen molar-refractivity contribution in [3.8, 4) is 11.1 Å². The maximum absolute atomic E-state index is 8.68. The Balaban J connectivity index is 1.78. The van der Waals surface area contributed by atoms with Gasteiger partial charge in [0.15, 0.2) is 0 Å². The molecule has 0 bridgehead atoms. The Morgan fingerprint density at radius 2 is 1.34 bits per heavy atom. The van der Waals surface area contributed by atoms with E-state index in [1.807, 2.05) is 41.3 Å². The Hall–Kier alpha value is -2.84. The molecule has 0 fully saturated rings. The highest BCUT2D eigenvalue weighted by Crippen LogP contribution is 2.50. The average Bonchev–Trinajstić information content (AvgIpc) is 3.06. The molecule has 142 valence electrons. The largest absolute Gasteiger partial charge is 0.310 e. The van der Waals surface area contributed by atoms with Gasteiger partial charge in [0, 0.05) is 26.9 Å². The van der Waals surface area contributed by atoms with Crippen molar-refractivity contribution in [3.05, 3.63) is 113 Å². The van der Waals surface area contributed by atoms with Crippen LogP contribution in [-0.4, -0.2) is 0 Å². The van der Waals surface area contributed by atoms with Gasteiger partial charge >= 0.3 is 0 Å². The predicted octanol–water partition coefficient (Wildman–Crippen LogP) is 8.23. The van der Waals surface area contributed by atoms with E-state index in [1.54, 1.807) is 0 Å². The van der Waals surface area contributed by atoms with Crippen molar-refractivity contribution in [2.75, 3.05) is 4.90 Å². The Labute approximate surface area is 186 Å². The van der Waals surface area contributed by atoms with Crippen LogP contribution in [0.3, 0.4) is 0 Å². The first-order valence-corrected chi connectivity index (χ1v) is 10.4. The SMILES string of the molecule is [2H]c1c([2H])c(N(c2ccccc2)c2ccc3c(c2)C(C)(C)c2ccccc2-3)c([2H])c([2H])c1Br. The number of anilines is 3. The van der Waals surface area contributed by atoms with Crippen LogP contribution < -0.4 is 4.90 Å². The summed E-state index contributed by atoms with van der Waals surface area (Å²) in [4.78, 5) is 1.83. The summed E-state index contributed by atoms with van der Waals surface area (Å²) in [6, 6.07) is 23.9. The van der Waals surface area contributed by atoms with Gasteiger partial charge in [-0.15, -0.1) is 0 Å². The predicted molar refractivity (Wildman–Crippen MR) is 126 cm³/mol. The van der Waals surface area contributed by atoms with Gasteiger partial charge in [-0.25, -0.2) is 0 Å². The minimum atomic E-state index is -0.196. The maximum atomic E-state index is 8.68. The zero-order valence-corrected chi connectivity index (χ0v) is 17.8. The first-order chi connectivity index (χ1) is 15.7. The molecule has 1 aliphatic rings. The van der Waals surface area contributed by atoms with Crippen molar-refractivity contribution in [3.63, 3.8) is 0 Å². The molecule has 0 radical (unpaired) electrons. The highest BCUT2D eigenvalue weighted by atomic mass is 79.9. The lowest BCUT2D eigenvalue weighted by Crippen LogP contribution is -2.16. The maximum Gasteiger partial charge on any atom is 0.0645 e. The first kappa shape index (κ1) is 14.2. The third kappa shape index (κ3) is 2.99. The number of rotatable bonds is 3. The fraction of sp³-hybridized carbons (Fsp3) is 0.111. The van der Waals surface area contributed by atoms with E-state index < -0.39 is 0 Å². The monoisotopic (exact) mass is 443 g/mol. The van der Waals surface area contributed by atoms with Crippen LogP contribution in [0.4, 0.5) is 17.1 Å². The smallest absolute Gasteiger partial charge is 0.0645 e. The van der Waals surface area contributed by atoms with Gasteiger partial charge in [-0.2, -0.15) is 0 Å². The molecule has 0 saturated carbocycles. The second-order valence-corrected chi connectivity index (χ2v) is 8.53. The molecule has 0 atom stereocenters. The summed E-state index contributed by atoms with van der Waals surface area (Å²) in [5, 5.41) is 0. The molecule has 2 heteroatoms. The van der Waals surface area contributed by atoms with Crippen LogP contribution in [0.5, 0.6) is 0 Å². The van der Waals surface area contributed by atoms with Crippen molar-refractivity contribution < 1.29 is 5.48 Å². The van der Waals surface area contributed by atoms with Gasteiger partial charge in [-0.3, -0.25) is 0 Å². The van der Waals surface area contributed by atoms with E-state index in [-0.39, 0.29) is 39.7 Å². The van der Waals surface area contributed by atoms with Crippen molar-refractivity contribution in [2.24, 2.45) is 0 Å². The van der Waals surface area contributed by atoms with Crippen LogP contribution in [0, 0.1) is 0 Å². The zero-order chi connectivity index (χ0) is 23.5. The zero-order valence-electron chi connectivity index (χ0n) is 20.3. The van der Waals surface area contributed by atoms with Gasteiger partial charge in [-0.1, -0.05) is 78.3 Å². The van der Waals surface area contributed by atoms with Crippen molar-refractivity contribution in [1.82, 2.24) is 0 Å². The van der Waals surface area contributed by atoms with Gasteiger partial charge < -0.3 is 4.90 Å². The van der Waals surface area contributed by atoms with E-state index in [9.17, 15) is 0 Å². The molecular formula is C27H22BrN. The van der Waals surface area contributed by atoms with Crippen LogP contribution >= 0.6 is 15.9 Å². The van der Waals surface area contributed by atoms with Gasteiger partial charge in [0.05, 0.1) is 5.48 Å². The number of hydrogen-bond acceptors (Lipinski definition) is 1. The Morgan fingerprint density at radius 1 is 0.690 bits per heavy atom. The van der Waals surface area contributed by atoms with Crippen molar-refractivity contribution >= 4 is 33.0 Å². The van der Waals surface area contributed by atoms with Gasteiger partial charge in [0.2, 0.25) is 0 Å². The molecule has 1 aliphatic carbocycles. The molecule has 29 heavy (non-hydrogen) atoms. The Kier molecular flexibility index (Phi) is 3.37. The van der Waals surface area contributed by atoms with Crippen LogP contribution in [-0.2, 0) is 5.41 Å². The molecule has 0 spiro atoms. The second-order valence-electron chi connectivity index (χ2n) is 7.73. The lowest BCUT2D eigenvalue weighted by atomic mass is 9.82. The minimum Gasteiger partial charge on any atom is -0.310 e. The quantitative estimate of drug-likeness (QED) is 0.308. The number of para-hydroxylation sites is 1. The van der Waals surface area contributed by atoms with Gasteiger partial charge in [-0.05, 0) is 70.7 Å². The molecule has 0 saturated heterocycles. The van der Waals surface area contributed by atoms with E-state index in [2.05, 4.69) is 66.2 Å². The fourth-order valence-electron chi connectivity index (χ4n) is 4.22. The number of benzene rings is 4. The summed E-state index contributed by atoms with van der Waals surface area (Å²) >= 11 is 3.22. The van der Waals surface area contributed by atoms with E-state index in [0.29, 0.717) is 0 Å². The lowest BCUT2D eigenvalue weighted by molar-refractivity contribution is 0.660. The minimum absolute atomic E-state index is 0.0882. The van der Waals surface area contributed by atoms with Crippen molar-refractivity contribution in [2.45, 2.75) is 19.3 Å². The number of fused-ring (bicyclic) bond motifs is 3. The standard InChI is InChI=1S/C27H22BrN/c1-27(2)25-11-7-6-10-23(25)24-17-16-22(18-26(24)27)29(20-8-4-3-5-9-20)21-14-12-19(28)13-15-21/h3-18H,1-2H3/i12D,13D,14D,15D. The second kappa shape index (κ2) is 6.89. The van der Waals surface area contributed by atoms with Gasteiger partial charge in [0.1, 0.15) is 0 Å². The van der Waals surface area contributed by atoms with E-state index in [4.69, 9.17) is 5.48 Å². The van der Waals surface area contributed by atoms with Crippen LogP contribution in [0.2, 0.25) is 0 Å². The molecule has 4 aromatic rings. The third-order valence-corrected chi connectivity index (χ3v) is 6.04. The van der Waals surface area contributed by atoms with Gasteiger partial charge in [0.25, 0.3) is 0 Å². The molecule has 0 aromatic heterocycles. The van der Waals surface area contributed by atoms with E-state index >= 15 is 0 Å². The van der Waals surface area contributed by atoms with E-state index in [1.165, 1.54) is 22.3 Å². The molecular weight excluding hydrogens is 418 g/mol. The summed E-state index contributed by atoms with van der Waals surface area (Å²) in [5.74, 6) is 0. The molecule has 0 unspecified atom stereocenters. The first-order valence-electron chi connectivity index (χ1n) is 11.6. The van der Waals surface area contributed by atoms with Crippen LogP contribution in [0.1, 0.15) is 30.5 Å². The number of hydrogen-bond donors (Lipinski definition) is 0. The molecule has 0 amide bonds. The molecule has 0 aliphatic heterocycles. The fourth-order valence-corrected chi connectivity index (χ4v) is 4.42. The highest BCUT2D eigenvalue weighted by Gasteiger charge is 2.35. The van der Waals surface area contributed by atoms with Crippen LogP contribution in [0.15, 0.2) is 101 Å². The number of halogens is 1. The summed E-state index contributed by atoms with van der Waals surface area (Å²) in [5.41, 5.74) is 6.46. The molecule has 5 rings (SSSR count). The summed E-state index contributed by atoms with van der Waals surface area (Å²) in [6.45, 7) is 4.42. The highest BCUT2D eigenvalue weighted by molar-refractivity contribution is 9.10. The summed E-state index contributed by atoms with van der Waals surface area (Å²) in [7, 11) is 0. The Bertz CT molecular complexity index is 1370.